The fourth-order valence-corrected chi connectivity index (χ4v) is 5.57. The number of nitrogens with one attached hydrogen (secondary N) is 1. The summed E-state index contributed by atoms with van der Waals surface area (Å²) in [7, 11) is -1.94. The molecule has 30 heavy (non-hydrogen) atoms. The van der Waals surface area contributed by atoms with E-state index in [-0.39, 0.29) is 29.2 Å². The number of nitrogens with zero attached hydrogens (tertiary/aromatic N) is 2. The molecule has 0 unspecified atom stereocenters. The Morgan fingerprint density at radius 2 is 1.80 bits per heavy atom. The third-order valence-corrected chi connectivity index (χ3v) is 7.71. The predicted octanol–water partition coefficient (Wildman–Crippen LogP) is 2.07. The zero-order chi connectivity index (χ0) is 21.7. The summed E-state index contributed by atoms with van der Waals surface area (Å²) in [5.41, 5.74) is 0.519. The number of rotatable bonds is 7. The minimum atomic E-state index is -3.52. The van der Waals surface area contributed by atoms with Crippen LogP contribution in [0, 0.1) is 5.92 Å². The normalized spacial score (nSPS) is 22.0. The average molecular weight is 438 g/mol. The SMILES string of the molecule is COC[C@H](C)N1C[C@@H](C(=O)Nc2ccc(S(=O)(=O)N3CCCCCC3)cc2)CC1=O. The number of benzene rings is 1. The van der Waals surface area contributed by atoms with Crippen molar-refractivity contribution in [1.29, 1.82) is 0 Å². The summed E-state index contributed by atoms with van der Waals surface area (Å²) in [6, 6.07) is 6.18. The molecular weight excluding hydrogens is 406 g/mol. The lowest BCUT2D eigenvalue weighted by molar-refractivity contribution is -0.130. The number of hydrogen-bond donors (Lipinski definition) is 1. The van der Waals surface area contributed by atoms with Crippen molar-refractivity contribution in [1.82, 2.24) is 9.21 Å². The van der Waals surface area contributed by atoms with Gasteiger partial charge in [0.1, 0.15) is 0 Å². The Kier molecular flexibility index (Phi) is 7.49. The second-order valence-corrected chi connectivity index (χ2v) is 10.0. The van der Waals surface area contributed by atoms with Gasteiger partial charge in [0.2, 0.25) is 21.8 Å². The van der Waals surface area contributed by atoms with Crippen molar-refractivity contribution in [3.05, 3.63) is 24.3 Å². The lowest BCUT2D eigenvalue weighted by atomic mass is 10.1. The van der Waals surface area contributed by atoms with Gasteiger partial charge in [0, 0.05) is 38.9 Å². The number of anilines is 1. The molecule has 2 aliphatic rings. The molecule has 8 nitrogen and oxygen atoms in total. The van der Waals surface area contributed by atoms with E-state index < -0.39 is 15.9 Å². The fourth-order valence-electron chi connectivity index (χ4n) is 4.05. The maximum Gasteiger partial charge on any atom is 0.243 e. The largest absolute Gasteiger partial charge is 0.383 e. The molecule has 2 fully saturated rings. The van der Waals surface area contributed by atoms with Crippen molar-refractivity contribution in [2.24, 2.45) is 5.92 Å². The first-order valence-electron chi connectivity index (χ1n) is 10.5. The van der Waals surface area contributed by atoms with E-state index in [4.69, 9.17) is 4.74 Å². The van der Waals surface area contributed by atoms with Crippen LogP contribution < -0.4 is 5.32 Å². The van der Waals surface area contributed by atoms with Crippen LogP contribution in [-0.2, 0) is 24.3 Å². The van der Waals surface area contributed by atoms with Crippen molar-refractivity contribution in [3.8, 4) is 0 Å². The third-order valence-electron chi connectivity index (χ3n) is 5.79. The van der Waals surface area contributed by atoms with Gasteiger partial charge in [-0.25, -0.2) is 8.42 Å². The van der Waals surface area contributed by atoms with Gasteiger partial charge in [-0.3, -0.25) is 9.59 Å². The van der Waals surface area contributed by atoms with Crippen LogP contribution in [-0.4, -0.2) is 68.8 Å². The molecule has 1 N–H and O–H groups in total. The Morgan fingerprint density at radius 3 is 2.40 bits per heavy atom. The highest BCUT2D eigenvalue weighted by Crippen LogP contribution is 2.24. The van der Waals surface area contributed by atoms with Gasteiger partial charge in [0.15, 0.2) is 0 Å². The van der Waals surface area contributed by atoms with Crippen molar-refractivity contribution in [2.45, 2.75) is 50.0 Å². The Hall–Kier alpha value is -1.97. The Labute approximate surface area is 178 Å². The predicted molar refractivity (Wildman–Crippen MR) is 113 cm³/mol. The summed E-state index contributed by atoms with van der Waals surface area (Å²) in [6.45, 7) is 3.78. The van der Waals surface area contributed by atoms with Crippen molar-refractivity contribution < 1.29 is 22.7 Å². The minimum Gasteiger partial charge on any atom is -0.383 e. The highest BCUT2D eigenvalue weighted by molar-refractivity contribution is 7.89. The van der Waals surface area contributed by atoms with Crippen LogP contribution in [0.2, 0.25) is 0 Å². The van der Waals surface area contributed by atoms with Gasteiger partial charge in [0.05, 0.1) is 23.5 Å². The second-order valence-electron chi connectivity index (χ2n) is 8.08. The van der Waals surface area contributed by atoms with Gasteiger partial charge < -0.3 is 15.0 Å². The lowest BCUT2D eigenvalue weighted by Crippen LogP contribution is -2.38. The second kappa shape index (κ2) is 9.89. The monoisotopic (exact) mass is 437 g/mol. The van der Waals surface area contributed by atoms with E-state index in [1.165, 1.54) is 12.1 Å². The molecule has 3 rings (SSSR count). The minimum absolute atomic E-state index is 0.0569. The molecule has 2 atom stereocenters. The van der Waals surface area contributed by atoms with Gasteiger partial charge in [-0.15, -0.1) is 0 Å². The Balaban J connectivity index is 1.61. The molecule has 2 heterocycles. The maximum absolute atomic E-state index is 12.9. The highest BCUT2D eigenvalue weighted by Gasteiger charge is 2.36. The standard InChI is InChI=1S/C21H31N3O5S/c1-16(15-29-2)24-14-17(13-20(24)25)21(26)22-18-7-9-19(10-8-18)30(27,28)23-11-5-3-4-6-12-23/h7-10,16-17H,3-6,11-15H2,1-2H3,(H,22,26)/t16-,17-/m0/s1. The smallest absolute Gasteiger partial charge is 0.243 e. The fraction of sp³-hybridized carbons (Fsp3) is 0.619. The van der Waals surface area contributed by atoms with Gasteiger partial charge in [-0.2, -0.15) is 4.31 Å². The van der Waals surface area contributed by atoms with E-state index in [2.05, 4.69) is 5.32 Å². The first kappa shape index (κ1) is 22.7. The number of carbonyl (C=O) groups is 2. The molecule has 2 aliphatic heterocycles. The summed E-state index contributed by atoms with van der Waals surface area (Å²) in [4.78, 5) is 26.7. The summed E-state index contributed by atoms with van der Waals surface area (Å²) >= 11 is 0. The van der Waals surface area contributed by atoms with Gasteiger partial charge in [0.25, 0.3) is 0 Å². The van der Waals surface area contributed by atoms with E-state index >= 15 is 0 Å². The molecule has 0 radical (unpaired) electrons. The number of sulfonamides is 1. The van der Waals surface area contributed by atoms with Crippen LogP contribution in [0.15, 0.2) is 29.2 Å². The quantitative estimate of drug-likeness (QED) is 0.705. The van der Waals surface area contributed by atoms with E-state index in [0.717, 1.165) is 25.7 Å². The summed E-state index contributed by atoms with van der Waals surface area (Å²) in [5, 5.41) is 2.81. The molecule has 0 saturated carbocycles. The van der Waals surface area contributed by atoms with Crippen LogP contribution in [0.1, 0.15) is 39.0 Å². The molecule has 166 valence electrons. The molecule has 0 bridgehead atoms. The van der Waals surface area contributed by atoms with Crippen molar-refractivity contribution in [2.75, 3.05) is 38.7 Å². The zero-order valence-electron chi connectivity index (χ0n) is 17.7. The molecular formula is C21H31N3O5S. The molecule has 1 aromatic rings. The first-order chi connectivity index (χ1) is 14.3. The maximum atomic E-state index is 12.9. The number of likely N-dealkylation sites (tertiary alicyclic amines) is 1. The van der Waals surface area contributed by atoms with E-state index in [0.29, 0.717) is 31.9 Å². The molecule has 1 aromatic carbocycles. The lowest BCUT2D eigenvalue weighted by Gasteiger charge is -2.23. The van der Waals surface area contributed by atoms with E-state index in [1.807, 2.05) is 6.92 Å². The van der Waals surface area contributed by atoms with Gasteiger partial charge in [-0.1, -0.05) is 12.8 Å². The molecule has 2 amide bonds. The number of methoxy groups -OCH3 is 1. The summed E-state index contributed by atoms with van der Waals surface area (Å²) in [5.74, 6) is -0.727. The summed E-state index contributed by atoms with van der Waals surface area (Å²) < 4.78 is 32.4. The topological polar surface area (TPSA) is 96.0 Å². The van der Waals surface area contributed by atoms with Crippen LogP contribution in [0.4, 0.5) is 5.69 Å². The van der Waals surface area contributed by atoms with Crippen LogP contribution in [0.3, 0.4) is 0 Å². The van der Waals surface area contributed by atoms with E-state index in [9.17, 15) is 18.0 Å². The number of hydrogen-bond acceptors (Lipinski definition) is 5. The van der Waals surface area contributed by atoms with Crippen molar-refractivity contribution >= 4 is 27.5 Å². The number of ether oxygens (including phenoxy) is 1. The molecule has 9 heteroatoms. The molecule has 0 spiro atoms. The highest BCUT2D eigenvalue weighted by atomic mass is 32.2. The molecule has 0 aliphatic carbocycles. The molecule has 2 saturated heterocycles. The van der Waals surface area contributed by atoms with Crippen molar-refractivity contribution in [3.63, 3.8) is 0 Å². The average Bonchev–Trinajstić information content (AvgIpc) is 2.92. The number of amides is 2. The van der Waals surface area contributed by atoms with Crippen LogP contribution >= 0.6 is 0 Å². The summed E-state index contributed by atoms with van der Waals surface area (Å²) in [6.07, 6.45) is 4.05. The van der Waals surface area contributed by atoms with Gasteiger partial charge >= 0.3 is 0 Å². The first-order valence-corrected chi connectivity index (χ1v) is 12.0. The van der Waals surface area contributed by atoms with Crippen LogP contribution in [0.5, 0.6) is 0 Å². The Morgan fingerprint density at radius 1 is 1.17 bits per heavy atom. The van der Waals surface area contributed by atoms with E-state index in [1.54, 1.807) is 28.4 Å². The zero-order valence-corrected chi connectivity index (χ0v) is 18.5. The van der Waals surface area contributed by atoms with Crippen LogP contribution in [0.25, 0.3) is 0 Å². The number of carbonyl (C=O) groups excluding carboxylic acids is 2. The molecule has 0 aromatic heterocycles. The third kappa shape index (κ3) is 5.19. The van der Waals surface area contributed by atoms with Gasteiger partial charge in [-0.05, 0) is 44.0 Å². The Bertz CT molecular complexity index is 848.